The van der Waals surface area contributed by atoms with Gasteiger partial charge in [-0.2, -0.15) is 9.13 Å². The van der Waals surface area contributed by atoms with Crippen LogP contribution in [0.2, 0.25) is 0 Å². The highest BCUT2D eigenvalue weighted by Gasteiger charge is 2.22. The Morgan fingerprint density at radius 1 is 0.354 bits per heavy atom. The minimum absolute atomic E-state index is 0.0384. The van der Waals surface area contributed by atoms with Crippen molar-refractivity contribution in [2.24, 2.45) is 0 Å². The van der Waals surface area contributed by atoms with Crippen molar-refractivity contribution in [3.05, 3.63) is 228 Å². The van der Waals surface area contributed by atoms with Crippen LogP contribution in [0, 0.1) is 0 Å². The molecule has 0 N–H and O–H groups in total. The number of ether oxygens (including phenoxy) is 10. The molecule has 1 aliphatic heterocycles. The van der Waals surface area contributed by atoms with Gasteiger partial charge in [0, 0.05) is 24.3 Å². The Labute approximate surface area is 556 Å². The molecule has 24 heteroatoms. The third kappa shape index (κ3) is 29.9. The second-order valence-electron chi connectivity index (χ2n) is 23.6. The van der Waals surface area contributed by atoms with E-state index in [0.29, 0.717) is 113 Å². The molecule has 0 saturated heterocycles. The molecule has 1 aliphatic rings. The monoisotopic (exact) mass is 1340 g/mol. The number of carbonyl (C=O) groups excluding carboxylic acids is 2. The zero-order valence-corrected chi connectivity index (χ0v) is 54.8. The molecular formula is C72H82B2F8N2O12. The van der Waals surface area contributed by atoms with Crippen LogP contribution in [0.3, 0.4) is 0 Å². The number of aromatic nitrogens is 2. The topological polar surface area (TPSA) is 134 Å². The summed E-state index contributed by atoms with van der Waals surface area (Å²) >= 11 is 0. The van der Waals surface area contributed by atoms with Crippen molar-refractivity contribution in [3.63, 3.8) is 0 Å². The molecule has 0 amide bonds. The van der Waals surface area contributed by atoms with Crippen LogP contribution in [-0.4, -0.2) is 106 Å². The lowest BCUT2D eigenvalue weighted by Gasteiger charge is -2.18. The van der Waals surface area contributed by atoms with E-state index in [0.717, 1.165) is 46.5 Å². The van der Waals surface area contributed by atoms with Gasteiger partial charge in [-0.1, -0.05) is 139 Å². The number of pyridine rings is 2. The number of esters is 2. The van der Waals surface area contributed by atoms with Gasteiger partial charge in [0.05, 0.1) is 64.0 Å². The third-order valence-corrected chi connectivity index (χ3v) is 14.1. The van der Waals surface area contributed by atoms with Gasteiger partial charge in [0.25, 0.3) is 0 Å². The van der Waals surface area contributed by atoms with Crippen molar-refractivity contribution in [1.82, 2.24) is 0 Å². The Hall–Kier alpha value is -8.83. The second-order valence-corrected chi connectivity index (χ2v) is 23.6. The van der Waals surface area contributed by atoms with E-state index in [1.54, 1.807) is 0 Å². The Balaban J connectivity index is 0.000000292. The van der Waals surface area contributed by atoms with E-state index in [9.17, 15) is 44.1 Å². The summed E-state index contributed by atoms with van der Waals surface area (Å²) in [7, 11) is -12.0. The molecule has 0 bridgehead atoms. The van der Waals surface area contributed by atoms with Crippen LogP contribution in [0.4, 0.5) is 34.5 Å². The van der Waals surface area contributed by atoms with Crippen LogP contribution in [0.5, 0.6) is 23.0 Å². The SMILES string of the molecule is CC(C)(C)c1ccc(C(=O)OCc2ccc(-c3cc[n+](CC[n+]4ccc(-c5ccc(COC(=O)c6ccc(C(C)(C)C)cc6)cc5)cc4)cc3)cc2)cc1.F[B-](F)(F)F.F[B-](F)(F)F.c1ccc2c(c1)OCCOCCOCCOc1ccccc1OCCOCCOCCO2. The van der Waals surface area contributed by atoms with Crippen molar-refractivity contribution in [2.75, 3.05) is 79.3 Å². The molecule has 3 heterocycles. The van der Waals surface area contributed by atoms with Crippen molar-refractivity contribution in [2.45, 2.75) is 78.7 Å². The van der Waals surface area contributed by atoms with Crippen molar-refractivity contribution in [3.8, 4) is 45.3 Å². The molecule has 0 aliphatic carbocycles. The first kappa shape index (κ1) is 76.2. The van der Waals surface area contributed by atoms with E-state index in [-0.39, 0.29) is 36.0 Å². The molecule has 8 aromatic rings. The van der Waals surface area contributed by atoms with E-state index in [1.807, 2.05) is 121 Å². The molecule has 6 aromatic carbocycles. The van der Waals surface area contributed by atoms with Crippen LogP contribution in [0.25, 0.3) is 22.3 Å². The number of para-hydroxylation sites is 4. The molecule has 0 spiro atoms. The fourth-order valence-electron chi connectivity index (χ4n) is 8.96. The average molecular weight is 1340 g/mol. The number of benzene rings is 6. The number of rotatable bonds is 11. The molecule has 0 atom stereocenters. The number of hydrogen-bond donors (Lipinski definition) is 0. The fourth-order valence-corrected chi connectivity index (χ4v) is 8.96. The van der Waals surface area contributed by atoms with E-state index in [4.69, 9.17) is 47.4 Å². The van der Waals surface area contributed by atoms with Crippen LogP contribution >= 0.6 is 0 Å². The van der Waals surface area contributed by atoms with Crippen LogP contribution in [-0.2, 0) is 65.6 Å². The number of halogens is 8. The summed E-state index contributed by atoms with van der Waals surface area (Å²) in [6.07, 6.45) is 8.41. The lowest BCUT2D eigenvalue weighted by Crippen LogP contribution is -2.43. The Morgan fingerprint density at radius 3 is 0.844 bits per heavy atom. The number of hydrogen-bond acceptors (Lipinski definition) is 12. The molecule has 0 saturated carbocycles. The smallest absolute Gasteiger partial charge is 0.487 e. The molecular weight excluding hydrogens is 1260 g/mol. The maximum absolute atomic E-state index is 12.6. The van der Waals surface area contributed by atoms with Gasteiger partial charge in [-0.15, -0.1) is 0 Å². The summed E-state index contributed by atoms with van der Waals surface area (Å²) in [6.45, 7) is 20.5. The second kappa shape index (κ2) is 38.7. The lowest BCUT2D eigenvalue weighted by molar-refractivity contribution is -0.778. The number of aryl methyl sites for hydroxylation is 2. The summed E-state index contributed by atoms with van der Waals surface area (Å²) in [5.41, 5.74) is 9.92. The zero-order chi connectivity index (χ0) is 69.4. The number of carbonyl (C=O) groups is 2. The summed E-state index contributed by atoms with van der Waals surface area (Å²) < 4.78 is 139. The first-order valence-electron chi connectivity index (χ1n) is 31.2. The van der Waals surface area contributed by atoms with Crippen LogP contribution in [0.15, 0.2) is 195 Å². The first-order valence-corrected chi connectivity index (χ1v) is 31.2. The molecule has 9 rings (SSSR count). The number of fused-ring (bicyclic) bond motifs is 2. The highest BCUT2D eigenvalue weighted by molar-refractivity contribution is 6.50. The minimum Gasteiger partial charge on any atom is -0.487 e. The fraction of sp³-hybridized carbons (Fsp3) is 0.333. The van der Waals surface area contributed by atoms with E-state index in [2.05, 4.69) is 124 Å². The lowest BCUT2D eigenvalue weighted by atomic mass is 9.87. The van der Waals surface area contributed by atoms with Gasteiger partial charge in [-0.25, -0.2) is 9.59 Å². The maximum atomic E-state index is 12.6. The predicted octanol–water partition coefficient (Wildman–Crippen LogP) is 15.2. The molecule has 514 valence electrons. The standard InChI is InChI=1S/C48H50N2O4.C24H32O8.2BF4/c1-47(2,3)43-19-15-41(16-20-43)45(51)53-33-35-7-11-37(12-8-35)39-23-27-49(28-24-39)31-32-50-29-25-40(26-30-50)38-13-9-36(10-14-38)34-54-46(52)42-17-21-44(22-18-42)48(4,5)6;1-2-6-22-21(5-1)29-17-13-25-9-10-27-15-19-31-23-7-3-4-8-24(23)32-20-16-28-12-11-26-14-18-30-22;2*2-1(3,4)5/h7-30H,31-34H2,1-6H3;1-8H,9-20H2;;/q+2;;2*-1. The minimum atomic E-state index is -6.00. The van der Waals surface area contributed by atoms with E-state index < -0.39 is 14.5 Å². The third-order valence-electron chi connectivity index (χ3n) is 14.1. The van der Waals surface area contributed by atoms with Gasteiger partial charge >= 0.3 is 26.4 Å². The normalized spacial score (nSPS) is 13.9. The van der Waals surface area contributed by atoms with Gasteiger partial charge in [0.15, 0.2) is 47.8 Å². The van der Waals surface area contributed by atoms with Crippen LogP contribution in [0.1, 0.15) is 84.5 Å². The first-order chi connectivity index (χ1) is 45.7. The van der Waals surface area contributed by atoms with Gasteiger partial charge in [-0.3, -0.25) is 0 Å². The van der Waals surface area contributed by atoms with Gasteiger partial charge in [-0.05, 0) is 104 Å². The molecule has 0 fully saturated rings. The quantitative estimate of drug-likeness (QED) is 0.0528. The average Bonchev–Trinajstić information content (AvgIpc) is 0.910. The van der Waals surface area contributed by atoms with Crippen LogP contribution < -0.4 is 28.1 Å². The molecule has 0 radical (unpaired) electrons. The highest BCUT2D eigenvalue weighted by atomic mass is 19.5. The van der Waals surface area contributed by atoms with Crippen molar-refractivity contribution >= 4 is 26.4 Å². The van der Waals surface area contributed by atoms with Gasteiger partial charge < -0.3 is 81.9 Å². The Kier molecular flexibility index (Phi) is 30.7. The summed E-state index contributed by atoms with van der Waals surface area (Å²) in [6, 6.07) is 55.2. The predicted molar refractivity (Wildman–Crippen MR) is 351 cm³/mol. The number of nitrogens with zero attached hydrogens (tertiary/aromatic N) is 2. The van der Waals surface area contributed by atoms with E-state index in [1.165, 1.54) is 11.1 Å². The summed E-state index contributed by atoms with van der Waals surface area (Å²) in [4.78, 5) is 25.2. The largest absolute Gasteiger partial charge is 0.673 e. The Morgan fingerprint density at radius 2 is 0.594 bits per heavy atom. The van der Waals surface area contributed by atoms with Crippen molar-refractivity contribution < 1.29 is 101 Å². The molecule has 96 heavy (non-hydrogen) atoms. The Bertz CT molecular complexity index is 3250. The molecule has 2 aromatic heterocycles. The summed E-state index contributed by atoms with van der Waals surface area (Å²) in [5.74, 6) is 2.10. The van der Waals surface area contributed by atoms with Gasteiger partial charge in [0.2, 0.25) is 13.1 Å². The highest BCUT2D eigenvalue weighted by Crippen LogP contribution is 2.29. The zero-order valence-electron chi connectivity index (χ0n) is 54.8. The van der Waals surface area contributed by atoms with Crippen molar-refractivity contribution in [1.29, 1.82) is 0 Å². The van der Waals surface area contributed by atoms with E-state index >= 15 is 0 Å². The summed E-state index contributed by atoms with van der Waals surface area (Å²) in [5, 5.41) is 0. The molecule has 0 unspecified atom stereocenters. The van der Waals surface area contributed by atoms with Gasteiger partial charge in [0.1, 0.15) is 39.6 Å². The molecule has 14 nitrogen and oxygen atoms in total. The maximum Gasteiger partial charge on any atom is 0.673 e.